The average Bonchev–Trinajstić information content (AvgIpc) is 3.14. The molecular formula is C15H20N4O. The molecule has 2 heterocycles. The summed E-state index contributed by atoms with van der Waals surface area (Å²) in [6.07, 6.45) is 8.17. The highest BCUT2D eigenvalue weighted by molar-refractivity contribution is 5.52. The Labute approximate surface area is 118 Å². The molecule has 0 bridgehead atoms. The third-order valence-corrected chi connectivity index (χ3v) is 3.87. The predicted octanol–water partition coefficient (Wildman–Crippen LogP) is 2.77. The van der Waals surface area contributed by atoms with Crippen molar-refractivity contribution in [2.24, 2.45) is 0 Å². The molecule has 0 aromatic carbocycles. The van der Waals surface area contributed by atoms with Gasteiger partial charge >= 0.3 is 0 Å². The van der Waals surface area contributed by atoms with Crippen LogP contribution in [-0.2, 0) is 0 Å². The molecule has 2 unspecified atom stereocenters. The van der Waals surface area contributed by atoms with E-state index >= 15 is 0 Å². The second-order valence-corrected chi connectivity index (χ2v) is 5.29. The lowest BCUT2D eigenvalue weighted by molar-refractivity contribution is 0.330. The van der Waals surface area contributed by atoms with Gasteiger partial charge in [0, 0.05) is 24.0 Å². The van der Waals surface area contributed by atoms with E-state index in [4.69, 9.17) is 4.52 Å². The van der Waals surface area contributed by atoms with Crippen LogP contribution in [0.1, 0.15) is 44.4 Å². The zero-order valence-electron chi connectivity index (χ0n) is 11.7. The lowest BCUT2D eigenvalue weighted by Crippen LogP contribution is -2.31. The van der Waals surface area contributed by atoms with Gasteiger partial charge in [-0.1, -0.05) is 18.5 Å². The van der Waals surface area contributed by atoms with E-state index in [0.717, 1.165) is 30.8 Å². The maximum absolute atomic E-state index is 5.49. The van der Waals surface area contributed by atoms with Gasteiger partial charge in [-0.2, -0.15) is 4.98 Å². The third kappa shape index (κ3) is 2.72. The van der Waals surface area contributed by atoms with Crippen LogP contribution in [0.25, 0.3) is 11.4 Å². The van der Waals surface area contributed by atoms with Crippen molar-refractivity contribution in [3.63, 3.8) is 0 Å². The molecule has 20 heavy (non-hydrogen) atoms. The van der Waals surface area contributed by atoms with Crippen molar-refractivity contribution in [3.8, 4) is 11.4 Å². The van der Waals surface area contributed by atoms with Crippen LogP contribution in [0.15, 0.2) is 29.0 Å². The van der Waals surface area contributed by atoms with Crippen molar-refractivity contribution in [2.45, 2.75) is 44.6 Å². The SMILES string of the molecule is CCCNC1CCCC1c1nc(-c2ccncc2)no1. The molecule has 3 rings (SSSR count). The van der Waals surface area contributed by atoms with Crippen LogP contribution in [0.3, 0.4) is 0 Å². The Kier molecular flexibility index (Phi) is 4.06. The Hall–Kier alpha value is -1.75. The Morgan fingerprint density at radius 2 is 2.15 bits per heavy atom. The molecule has 5 nitrogen and oxygen atoms in total. The van der Waals surface area contributed by atoms with E-state index in [1.807, 2.05) is 12.1 Å². The highest BCUT2D eigenvalue weighted by atomic mass is 16.5. The third-order valence-electron chi connectivity index (χ3n) is 3.87. The van der Waals surface area contributed by atoms with E-state index in [2.05, 4.69) is 27.4 Å². The van der Waals surface area contributed by atoms with Gasteiger partial charge in [0.05, 0.1) is 5.92 Å². The van der Waals surface area contributed by atoms with E-state index in [0.29, 0.717) is 17.8 Å². The first-order valence-electron chi connectivity index (χ1n) is 7.36. The van der Waals surface area contributed by atoms with Crippen molar-refractivity contribution >= 4 is 0 Å². The van der Waals surface area contributed by atoms with E-state index < -0.39 is 0 Å². The fourth-order valence-electron chi connectivity index (χ4n) is 2.83. The summed E-state index contributed by atoms with van der Waals surface area (Å²) in [6.45, 7) is 3.23. The van der Waals surface area contributed by atoms with Gasteiger partial charge in [0.1, 0.15) is 0 Å². The molecule has 0 aliphatic heterocycles. The lowest BCUT2D eigenvalue weighted by atomic mass is 10.0. The summed E-state index contributed by atoms with van der Waals surface area (Å²) in [5, 5.41) is 7.70. The average molecular weight is 272 g/mol. The minimum Gasteiger partial charge on any atom is -0.339 e. The van der Waals surface area contributed by atoms with Crippen LogP contribution in [0.2, 0.25) is 0 Å². The second-order valence-electron chi connectivity index (χ2n) is 5.29. The van der Waals surface area contributed by atoms with Crippen molar-refractivity contribution < 1.29 is 4.52 Å². The smallest absolute Gasteiger partial charge is 0.231 e. The quantitative estimate of drug-likeness (QED) is 0.906. The van der Waals surface area contributed by atoms with Gasteiger partial charge in [0.25, 0.3) is 0 Å². The number of hydrogen-bond acceptors (Lipinski definition) is 5. The number of hydrogen-bond donors (Lipinski definition) is 1. The van der Waals surface area contributed by atoms with Gasteiger partial charge in [-0.3, -0.25) is 4.98 Å². The molecule has 1 aliphatic rings. The molecule has 0 spiro atoms. The predicted molar refractivity (Wildman–Crippen MR) is 76.2 cm³/mol. The number of pyridine rings is 1. The maximum Gasteiger partial charge on any atom is 0.231 e. The van der Waals surface area contributed by atoms with Crippen molar-refractivity contribution in [2.75, 3.05) is 6.54 Å². The minimum absolute atomic E-state index is 0.352. The molecule has 2 aromatic heterocycles. The number of nitrogens with zero attached hydrogens (tertiary/aromatic N) is 3. The zero-order chi connectivity index (χ0) is 13.8. The Morgan fingerprint density at radius 1 is 1.30 bits per heavy atom. The normalized spacial score (nSPS) is 22.2. The monoisotopic (exact) mass is 272 g/mol. The Balaban J connectivity index is 1.76. The van der Waals surface area contributed by atoms with E-state index in [-0.39, 0.29) is 0 Å². The minimum atomic E-state index is 0.352. The molecule has 2 atom stereocenters. The van der Waals surface area contributed by atoms with Crippen LogP contribution in [0, 0.1) is 0 Å². The summed E-state index contributed by atoms with van der Waals surface area (Å²) >= 11 is 0. The Bertz CT molecular complexity index is 540. The van der Waals surface area contributed by atoms with Crippen LogP contribution in [-0.4, -0.2) is 27.7 Å². The van der Waals surface area contributed by atoms with Gasteiger partial charge in [-0.25, -0.2) is 0 Å². The molecule has 106 valence electrons. The number of nitrogens with one attached hydrogen (secondary N) is 1. The number of aromatic nitrogens is 3. The zero-order valence-corrected chi connectivity index (χ0v) is 11.7. The fraction of sp³-hybridized carbons (Fsp3) is 0.533. The summed E-state index contributed by atoms with van der Waals surface area (Å²) < 4.78 is 5.49. The molecule has 0 radical (unpaired) electrons. The first-order valence-corrected chi connectivity index (χ1v) is 7.36. The number of rotatable bonds is 5. The van der Waals surface area contributed by atoms with Gasteiger partial charge in [0.15, 0.2) is 0 Å². The van der Waals surface area contributed by atoms with Gasteiger partial charge in [-0.05, 0) is 37.9 Å². The van der Waals surface area contributed by atoms with Crippen LogP contribution >= 0.6 is 0 Å². The molecule has 5 heteroatoms. The molecule has 0 saturated heterocycles. The maximum atomic E-state index is 5.49. The van der Waals surface area contributed by atoms with Crippen molar-refractivity contribution in [1.82, 2.24) is 20.4 Å². The first kappa shape index (κ1) is 13.2. The highest BCUT2D eigenvalue weighted by Gasteiger charge is 2.32. The van der Waals surface area contributed by atoms with Crippen LogP contribution < -0.4 is 5.32 Å². The summed E-state index contributed by atoms with van der Waals surface area (Å²) in [5.41, 5.74) is 0.950. The lowest BCUT2D eigenvalue weighted by Gasteiger charge is -2.17. The molecule has 0 amide bonds. The van der Waals surface area contributed by atoms with Crippen molar-refractivity contribution in [3.05, 3.63) is 30.4 Å². The summed E-state index contributed by atoms with van der Waals surface area (Å²) in [4.78, 5) is 8.58. The molecular weight excluding hydrogens is 252 g/mol. The van der Waals surface area contributed by atoms with Crippen molar-refractivity contribution in [1.29, 1.82) is 0 Å². The summed E-state index contributed by atoms with van der Waals surface area (Å²) in [6, 6.07) is 4.27. The summed E-state index contributed by atoms with van der Waals surface area (Å²) in [7, 11) is 0. The molecule has 2 aromatic rings. The Morgan fingerprint density at radius 3 is 2.95 bits per heavy atom. The van der Waals surface area contributed by atoms with E-state index in [1.165, 1.54) is 12.8 Å². The molecule has 1 N–H and O–H groups in total. The van der Waals surface area contributed by atoms with Gasteiger partial charge in [-0.15, -0.1) is 0 Å². The first-order chi connectivity index (χ1) is 9.88. The van der Waals surface area contributed by atoms with Gasteiger partial charge in [0.2, 0.25) is 11.7 Å². The molecule has 1 fully saturated rings. The largest absolute Gasteiger partial charge is 0.339 e. The molecule has 1 aliphatic carbocycles. The molecule has 1 saturated carbocycles. The topological polar surface area (TPSA) is 63.8 Å². The van der Waals surface area contributed by atoms with E-state index in [1.54, 1.807) is 12.4 Å². The van der Waals surface area contributed by atoms with Crippen LogP contribution in [0.4, 0.5) is 0 Å². The second kappa shape index (κ2) is 6.13. The summed E-state index contributed by atoms with van der Waals surface area (Å²) in [5.74, 6) is 1.77. The highest BCUT2D eigenvalue weighted by Crippen LogP contribution is 2.34. The van der Waals surface area contributed by atoms with Gasteiger partial charge < -0.3 is 9.84 Å². The fourth-order valence-corrected chi connectivity index (χ4v) is 2.83. The van der Waals surface area contributed by atoms with E-state index in [9.17, 15) is 0 Å². The standard InChI is InChI=1S/C15H20N4O/c1-2-8-17-13-5-3-4-12(13)15-18-14(19-20-15)11-6-9-16-10-7-11/h6-7,9-10,12-13,17H,2-5,8H2,1H3. The van der Waals surface area contributed by atoms with Crippen LogP contribution in [0.5, 0.6) is 0 Å².